The van der Waals surface area contributed by atoms with Gasteiger partial charge in [-0.3, -0.25) is 0 Å². The molecule has 1 nitrogen and oxygen atoms in total. The first kappa shape index (κ1) is 33.1. The fraction of sp³-hybridized carbons (Fsp3) is 0.0357. The maximum atomic E-state index is 2.44. The molecular formula is C56H39N. The number of anilines is 3. The Morgan fingerprint density at radius 1 is 0.246 bits per heavy atom. The normalized spacial score (nSPS) is 13.9. The number of nitrogens with zero attached hydrogens (tertiary/aromatic N) is 1. The maximum Gasteiger partial charge on any atom is 0.0720 e. The second-order valence-electron chi connectivity index (χ2n) is 15.2. The number of para-hydroxylation sites is 2. The summed E-state index contributed by atoms with van der Waals surface area (Å²) in [6.07, 6.45) is 0. The summed E-state index contributed by atoms with van der Waals surface area (Å²) >= 11 is 0. The Bertz CT molecular complexity index is 2750. The third-order valence-corrected chi connectivity index (χ3v) is 12.4. The van der Waals surface area contributed by atoms with E-state index < -0.39 is 10.8 Å². The Hall–Kier alpha value is -7.22. The number of hydrogen-bond acceptors (Lipinski definition) is 1. The summed E-state index contributed by atoms with van der Waals surface area (Å²) in [5.74, 6) is 0. The van der Waals surface area contributed by atoms with Crippen LogP contribution < -0.4 is 4.90 Å². The van der Waals surface area contributed by atoms with E-state index in [1.807, 2.05) is 0 Å². The second-order valence-corrected chi connectivity index (χ2v) is 15.2. The summed E-state index contributed by atoms with van der Waals surface area (Å²) in [4.78, 5) is 2.31. The van der Waals surface area contributed by atoms with Crippen molar-refractivity contribution in [1.82, 2.24) is 0 Å². The molecule has 0 atom stereocenters. The Morgan fingerprint density at radius 2 is 0.614 bits per heavy atom. The molecule has 0 aromatic heterocycles. The molecule has 0 bridgehead atoms. The molecule has 0 amide bonds. The Balaban J connectivity index is 1.11. The molecule has 0 fully saturated rings. The van der Waals surface area contributed by atoms with Gasteiger partial charge < -0.3 is 4.90 Å². The van der Waals surface area contributed by atoms with Crippen LogP contribution in [0.1, 0.15) is 44.5 Å². The Kier molecular flexibility index (Phi) is 7.69. The molecule has 268 valence electrons. The highest BCUT2D eigenvalue weighted by Crippen LogP contribution is 2.64. The van der Waals surface area contributed by atoms with Crippen molar-refractivity contribution in [2.45, 2.75) is 10.8 Å². The minimum atomic E-state index is -0.506. The molecule has 0 saturated carbocycles. The quantitative estimate of drug-likeness (QED) is 0.165. The third kappa shape index (κ3) is 4.82. The van der Waals surface area contributed by atoms with Gasteiger partial charge in [0.2, 0.25) is 0 Å². The van der Waals surface area contributed by atoms with Crippen LogP contribution in [0.4, 0.5) is 17.1 Å². The van der Waals surface area contributed by atoms with Crippen LogP contribution in [0.3, 0.4) is 0 Å². The highest BCUT2D eigenvalue weighted by Gasteiger charge is 2.56. The summed E-state index contributed by atoms with van der Waals surface area (Å²) in [5, 5.41) is 0. The minimum Gasteiger partial charge on any atom is -0.311 e. The number of rotatable bonds is 6. The van der Waals surface area contributed by atoms with Gasteiger partial charge in [-0.2, -0.15) is 0 Å². The number of hydrogen-bond donors (Lipinski definition) is 0. The molecule has 0 N–H and O–H groups in total. The minimum absolute atomic E-state index is 0.500. The Labute approximate surface area is 334 Å². The van der Waals surface area contributed by atoms with Gasteiger partial charge in [-0.15, -0.1) is 0 Å². The van der Waals surface area contributed by atoms with Crippen LogP contribution in [0.15, 0.2) is 237 Å². The van der Waals surface area contributed by atoms with E-state index in [4.69, 9.17) is 0 Å². The molecule has 9 aromatic rings. The van der Waals surface area contributed by atoms with E-state index in [0.29, 0.717) is 0 Å². The van der Waals surface area contributed by atoms with Crippen LogP contribution >= 0.6 is 0 Å². The maximum absolute atomic E-state index is 2.44. The molecule has 0 unspecified atom stereocenters. The zero-order valence-electron chi connectivity index (χ0n) is 31.5. The summed E-state index contributed by atoms with van der Waals surface area (Å²) < 4.78 is 0. The topological polar surface area (TPSA) is 3.24 Å². The van der Waals surface area contributed by atoms with E-state index in [0.717, 1.165) is 17.1 Å². The molecule has 0 saturated heterocycles. The van der Waals surface area contributed by atoms with Gasteiger partial charge in [0.1, 0.15) is 0 Å². The molecular weight excluding hydrogens is 687 g/mol. The molecule has 1 spiro atoms. The molecule has 2 aliphatic rings. The van der Waals surface area contributed by atoms with Gasteiger partial charge in [0.05, 0.1) is 10.8 Å². The lowest BCUT2D eigenvalue weighted by Crippen LogP contribution is -2.44. The van der Waals surface area contributed by atoms with Gasteiger partial charge in [-0.1, -0.05) is 194 Å². The van der Waals surface area contributed by atoms with E-state index in [9.17, 15) is 0 Å². The lowest BCUT2D eigenvalue weighted by molar-refractivity contribution is 0.623. The molecule has 0 aliphatic heterocycles. The van der Waals surface area contributed by atoms with Gasteiger partial charge in [-0.05, 0) is 109 Å². The van der Waals surface area contributed by atoms with Gasteiger partial charge in [0.25, 0.3) is 0 Å². The molecule has 0 radical (unpaired) electrons. The fourth-order valence-corrected chi connectivity index (χ4v) is 10.2. The molecule has 9 aromatic carbocycles. The third-order valence-electron chi connectivity index (χ3n) is 12.4. The van der Waals surface area contributed by atoms with Crippen molar-refractivity contribution < 1.29 is 0 Å². The largest absolute Gasteiger partial charge is 0.311 e. The first-order chi connectivity index (χ1) is 28.3. The van der Waals surface area contributed by atoms with Crippen molar-refractivity contribution in [3.63, 3.8) is 0 Å². The van der Waals surface area contributed by atoms with Crippen LogP contribution in [0, 0.1) is 0 Å². The summed E-state index contributed by atoms with van der Waals surface area (Å²) in [7, 11) is 0. The molecule has 11 rings (SSSR count). The van der Waals surface area contributed by atoms with E-state index in [-0.39, 0.29) is 0 Å². The fourth-order valence-electron chi connectivity index (χ4n) is 10.2. The smallest absolute Gasteiger partial charge is 0.0720 e. The zero-order chi connectivity index (χ0) is 37.8. The SMILES string of the molecule is c1ccc(N(c2ccccc2)c2ccc(-c3ccc4c(c3)-c3ccccc3C43c4ccccc4C(c4ccccc4)(c4ccccc4)c4ccccc43)cc2)cc1. The van der Waals surface area contributed by atoms with Crippen LogP contribution in [-0.4, -0.2) is 0 Å². The van der Waals surface area contributed by atoms with E-state index in [1.54, 1.807) is 0 Å². The number of fused-ring (bicyclic) bond motifs is 9. The predicted octanol–water partition coefficient (Wildman–Crippen LogP) is 13.9. The average molecular weight is 726 g/mol. The van der Waals surface area contributed by atoms with Crippen molar-refractivity contribution in [1.29, 1.82) is 0 Å². The van der Waals surface area contributed by atoms with Crippen molar-refractivity contribution in [3.05, 3.63) is 281 Å². The van der Waals surface area contributed by atoms with Crippen molar-refractivity contribution in [2.75, 3.05) is 4.90 Å². The van der Waals surface area contributed by atoms with E-state index >= 15 is 0 Å². The van der Waals surface area contributed by atoms with Crippen LogP contribution in [0.2, 0.25) is 0 Å². The van der Waals surface area contributed by atoms with Gasteiger partial charge in [0, 0.05) is 17.1 Å². The first-order valence-corrected chi connectivity index (χ1v) is 19.9. The first-order valence-electron chi connectivity index (χ1n) is 19.9. The molecule has 0 heterocycles. The number of benzene rings is 9. The second kappa shape index (κ2) is 13.2. The summed E-state index contributed by atoms with van der Waals surface area (Å²) in [6.45, 7) is 0. The molecule has 2 aliphatic carbocycles. The van der Waals surface area contributed by atoms with Crippen LogP contribution in [0.25, 0.3) is 22.3 Å². The van der Waals surface area contributed by atoms with E-state index in [1.165, 1.54) is 66.8 Å². The lowest BCUT2D eigenvalue weighted by Gasteiger charge is -2.50. The summed E-state index contributed by atoms with van der Waals surface area (Å²) in [5.41, 5.74) is 17.9. The lowest BCUT2D eigenvalue weighted by atomic mass is 9.51. The summed E-state index contributed by atoms with van der Waals surface area (Å²) in [6, 6.07) is 87.3. The highest BCUT2D eigenvalue weighted by molar-refractivity contribution is 5.92. The van der Waals surface area contributed by atoms with Gasteiger partial charge in [0.15, 0.2) is 0 Å². The Morgan fingerprint density at radius 3 is 1.12 bits per heavy atom. The standard InChI is InChI=1S/C56H39N/c1-5-19-42(20-6-1)55(43-21-7-2-8-22-43)51-29-15-17-31-53(51)56(54-32-18-16-30-52(54)55)49-28-14-13-27-47(49)48-39-41(35-38-50(48)56)40-33-36-46(37-34-40)57(44-23-9-3-10-24-44)45-25-11-4-12-26-45/h1-39H. The van der Waals surface area contributed by atoms with Gasteiger partial charge in [-0.25, -0.2) is 0 Å². The molecule has 1 heteroatoms. The van der Waals surface area contributed by atoms with Gasteiger partial charge >= 0.3 is 0 Å². The molecule has 57 heavy (non-hydrogen) atoms. The van der Waals surface area contributed by atoms with Crippen LogP contribution in [0.5, 0.6) is 0 Å². The van der Waals surface area contributed by atoms with Crippen molar-refractivity contribution in [2.24, 2.45) is 0 Å². The highest BCUT2D eigenvalue weighted by atomic mass is 15.1. The van der Waals surface area contributed by atoms with Crippen molar-refractivity contribution in [3.8, 4) is 22.3 Å². The van der Waals surface area contributed by atoms with E-state index in [2.05, 4.69) is 241 Å². The zero-order valence-corrected chi connectivity index (χ0v) is 31.5. The predicted molar refractivity (Wildman–Crippen MR) is 236 cm³/mol. The van der Waals surface area contributed by atoms with Crippen LogP contribution in [-0.2, 0) is 10.8 Å². The monoisotopic (exact) mass is 725 g/mol. The van der Waals surface area contributed by atoms with Crippen molar-refractivity contribution >= 4 is 17.1 Å². The average Bonchev–Trinajstić information content (AvgIpc) is 3.58.